The van der Waals surface area contributed by atoms with Crippen LogP contribution in [0.2, 0.25) is 0 Å². The molecule has 1 saturated carbocycles. The largest absolute Gasteiger partial charge is 0.341 e. The van der Waals surface area contributed by atoms with Crippen LogP contribution in [-0.4, -0.2) is 43.9 Å². The van der Waals surface area contributed by atoms with Crippen LogP contribution in [0.25, 0.3) is 0 Å². The van der Waals surface area contributed by atoms with Crippen LogP contribution in [0.5, 0.6) is 0 Å². The Morgan fingerprint density at radius 1 is 1.63 bits per heavy atom. The number of rotatable bonds is 7. The minimum Gasteiger partial charge on any atom is -0.341 e. The molecule has 0 spiro atoms. The minimum absolute atomic E-state index is 0.104. The Bertz CT molecular complexity index is 430. The lowest BCUT2D eigenvalue weighted by Crippen LogP contribution is -2.38. The van der Waals surface area contributed by atoms with Crippen LogP contribution in [0, 0.1) is 5.92 Å². The Balaban J connectivity index is 1.93. The van der Waals surface area contributed by atoms with Gasteiger partial charge in [0, 0.05) is 20.1 Å². The minimum atomic E-state index is -0.104. The van der Waals surface area contributed by atoms with Gasteiger partial charge in [0.25, 0.3) is 0 Å². The number of carbonyl (C=O) groups excluding carboxylic acids is 1. The van der Waals surface area contributed by atoms with E-state index in [1.165, 1.54) is 24.6 Å². The highest BCUT2D eigenvalue weighted by Gasteiger charge is 2.29. The van der Waals surface area contributed by atoms with Crippen molar-refractivity contribution in [1.29, 1.82) is 0 Å². The van der Waals surface area contributed by atoms with E-state index < -0.39 is 0 Å². The summed E-state index contributed by atoms with van der Waals surface area (Å²) in [5.74, 6) is 0.962. The van der Waals surface area contributed by atoms with E-state index in [1.807, 2.05) is 23.4 Å². The number of hydrogen-bond donors (Lipinski definition) is 0. The molecule has 1 atom stereocenters. The third kappa shape index (κ3) is 3.96. The maximum absolute atomic E-state index is 12.5. The Kier molecular flexibility index (Phi) is 4.85. The summed E-state index contributed by atoms with van der Waals surface area (Å²) in [6.45, 7) is 5.86. The second kappa shape index (κ2) is 6.41. The van der Waals surface area contributed by atoms with Gasteiger partial charge < -0.3 is 9.47 Å². The lowest BCUT2D eigenvalue weighted by molar-refractivity contribution is -0.130. The van der Waals surface area contributed by atoms with Gasteiger partial charge in [-0.05, 0) is 32.1 Å². The van der Waals surface area contributed by atoms with Crippen molar-refractivity contribution in [3.8, 4) is 0 Å². The summed E-state index contributed by atoms with van der Waals surface area (Å²) in [4.78, 5) is 14.5. The van der Waals surface area contributed by atoms with E-state index in [0.717, 1.165) is 30.6 Å². The third-order valence-electron chi connectivity index (χ3n) is 3.28. The first-order chi connectivity index (χ1) is 9.11. The summed E-state index contributed by atoms with van der Waals surface area (Å²) < 4.78 is 1.85. The van der Waals surface area contributed by atoms with Gasteiger partial charge in [-0.3, -0.25) is 4.79 Å². The Labute approximate surface area is 118 Å². The smallest absolute Gasteiger partial charge is 0.235 e. The molecule has 0 aliphatic heterocycles. The van der Waals surface area contributed by atoms with Crippen LogP contribution in [0.1, 0.15) is 33.1 Å². The molecule has 0 radical (unpaired) electrons. The van der Waals surface area contributed by atoms with Gasteiger partial charge in [-0.1, -0.05) is 18.7 Å². The zero-order chi connectivity index (χ0) is 13.8. The molecule has 1 amide bonds. The van der Waals surface area contributed by atoms with Crippen molar-refractivity contribution in [1.82, 2.24) is 19.7 Å². The van der Waals surface area contributed by atoms with Gasteiger partial charge in [0.05, 0.1) is 5.25 Å². The van der Waals surface area contributed by atoms with Crippen molar-refractivity contribution in [2.24, 2.45) is 13.0 Å². The van der Waals surface area contributed by atoms with Gasteiger partial charge in [0.2, 0.25) is 5.91 Å². The molecule has 19 heavy (non-hydrogen) atoms. The summed E-state index contributed by atoms with van der Waals surface area (Å²) in [6.07, 6.45) is 5.23. The van der Waals surface area contributed by atoms with Crippen molar-refractivity contribution in [3.05, 3.63) is 6.33 Å². The summed E-state index contributed by atoms with van der Waals surface area (Å²) in [5, 5.41) is 8.55. The highest BCUT2D eigenvalue weighted by molar-refractivity contribution is 8.00. The van der Waals surface area contributed by atoms with Gasteiger partial charge in [-0.2, -0.15) is 0 Å². The number of amides is 1. The van der Waals surface area contributed by atoms with Gasteiger partial charge in [-0.25, -0.2) is 0 Å². The molecular formula is C13H22N4OS. The molecule has 0 N–H and O–H groups in total. The van der Waals surface area contributed by atoms with Gasteiger partial charge >= 0.3 is 0 Å². The van der Waals surface area contributed by atoms with Gasteiger partial charge in [0.1, 0.15) is 6.33 Å². The summed E-state index contributed by atoms with van der Waals surface area (Å²) >= 11 is 1.48. The first kappa shape index (κ1) is 14.4. The van der Waals surface area contributed by atoms with E-state index >= 15 is 0 Å². The molecule has 1 aromatic rings. The van der Waals surface area contributed by atoms with E-state index in [9.17, 15) is 4.79 Å². The predicted octanol–water partition coefficient (Wildman–Crippen LogP) is 1.94. The lowest BCUT2D eigenvalue weighted by Gasteiger charge is -2.25. The molecule has 0 aromatic carbocycles. The van der Waals surface area contributed by atoms with Gasteiger partial charge in [-0.15, -0.1) is 10.2 Å². The predicted molar refractivity (Wildman–Crippen MR) is 75.9 cm³/mol. The Morgan fingerprint density at radius 3 is 2.89 bits per heavy atom. The Morgan fingerprint density at radius 2 is 2.37 bits per heavy atom. The Hall–Kier alpha value is -1.04. The monoisotopic (exact) mass is 282 g/mol. The summed E-state index contributed by atoms with van der Waals surface area (Å²) in [7, 11) is 1.90. The molecule has 2 rings (SSSR count). The highest BCUT2D eigenvalue weighted by Crippen LogP contribution is 2.31. The highest BCUT2D eigenvalue weighted by atomic mass is 32.2. The van der Waals surface area contributed by atoms with Crippen molar-refractivity contribution >= 4 is 17.7 Å². The van der Waals surface area contributed by atoms with E-state index in [4.69, 9.17) is 0 Å². The van der Waals surface area contributed by atoms with E-state index in [0.29, 0.717) is 0 Å². The molecule has 1 fully saturated rings. The van der Waals surface area contributed by atoms with Crippen molar-refractivity contribution in [2.45, 2.75) is 43.5 Å². The number of carbonyl (C=O) groups is 1. The molecule has 1 aliphatic rings. The zero-order valence-electron chi connectivity index (χ0n) is 11.9. The summed E-state index contributed by atoms with van der Waals surface area (Å²) in [5.41, 5.74) is 0. The van der Waals surface area contributed by atoms with Crippen molar-refractivity contribution in [2.75, 3.05) is 13.1 Å². The number of thioether (sulfide) groups is 1. The van der Waals surface area contributed by atoms with E-state index in [1.54, 1.807) is 6.33 Å². The number of nitrogens with zero attached hydrogens (tertiary/aromatic N) is 4. The SMILES string of the molecule is CCCN(CC1CC1)C(=O)C(C)Sc1nncn1C. The molecule has 1 aliphatic carbocycles. The van der Waals surface area contributed by atoms with Crippen LogP contribution in [0.4, 0.5) is 0 Å². The van der Waals surface area contributed by atoms with Crippen LogP contribution in [-0.2, 0) is 11.8 Å². The standard InChI is InChI=1S/C13H22N4OS/c1-4-7-17(8-11-5-6-11)12(18)10(2)19-13-15-14-9-16(13)3/h9-11H,4-8H2,1-3H3. The fraction of sp³-hybridized carbons (Fsp3) is 0.769. The maximum atomic E-state index is 12.5. The fourth-order valence-corrected chi connectivity index (χ4v) is 2.89. The van der Waals surface area contributed by atoms with Crippen molar-refractivity contribution < 1.29 is 4.79 Å². The topological polar surface area (TPSA) is 51.0 Å². The average Bonchev–Trinajstić information content (AvgIpc) is 3.12. The van der Waals surface area contributed by atoms with Crippen LogP contribution in [0.3, 0.4) is 0 Å². The molecule has 1 unspecified atom stereocenters. The normalized spacial score (nSPS) is 16.4. The molecule has 5 nitrogen and oxygen atoms in total. The molecule has 106 valence electrons. The van der Waals surface area contributed by atoms with E-state index in [2.05, 4.69) is 17.1 Å². The van der Waals surface area contributed by atoms with Crippen LogP contribution < -0.4 is 0 Å². The van der Waals surface area contributed by atoms with Crippen molar-refractivity contribution in [3.63, 3.8) is 0 Å². The number of hydrogen-bond acceptors (Lipinski definition) is 4. The molecule has 0 bridgehead atoms. The maximum Gasteiger partial charge on any atom is 0.235 e. The third-order valence-corrected chi connectivity index (χ3v) is 4.42. The average molecular weight is 282 g/mol. The van der Waals surface area contributed by atoms with Crippen LogP contribution >= 0.6 is 11.8 Å². The molecule has 0 saturated heterocycles. The first-order valence-corrected chi connectivity index (χ1v) is 7.79. The molecular weight excluding hydrogens is 260 g/mol. The number of aryl methyl sites for hydroxylation is 1. The first-order valence-electron chi connectivity index (χ1n) is 6.91. The van der Waals surface area contributed by atoms with Crippen LogP contribution in [0.15, 0.2) is 11.5 Å². The van der Waals surface area contributed by atoms with Gasteiger partial charge in [0.15, 0.2) is 5.16 Å². The fourth-order valence-electron chi connectivity index (χ4n) is 2.02. The van der Waals surface area contributed by atoms with E-state index in [-0.39, 0.29) is 11.2 Å². The summed E-state index contributed by atoms with van der Waals surface area (Å²) in [6, 6.07) is 0. The zero-order valence-corrected chi connectivity index (χ0v) is 12.7. The molecule has 1 aromatic heterocycles. The lowest BCUT2D eigenvalue weighted by atomic mass is 10.3. The quantitative estimate of drug-likeness (QED) is 0.717. The molecule has 1 heterocycles. The number of aromatic nitrogens is 3. The second-order valence-electron chi connectivity index (χ2n) is 5.21. The molecule has 6 heteroatoms. The second-order valence-corrected chi connectivity index (χ2v) is 6.52.